The van der Waals surface area contributed by atoms with E-state index in [2.05, 4.69) is 11.0 Å². The summed E-state index contributed by atoms with van der Waals surface area (Å²) >= 11 is 0. The quantitative estimate of drug-likeness (QED) is 0.685. The lowest BCUT2D eigenvalue weighted by Gasteiger charge is -2.40. The molecule has 0 spiro atoms. The molecule has 0 aromatic heterocycles. The van der Waals surface area contributed by atoms with Gasteiger partial charge in [-0.05, 0) is 62.4 Å². The minimum absolute atomic E-state index is 0.223. The molecule has 2 aromatic carbocycles. The molecule has 7 nitrogen and oxygen atoms in total. The minimum atomic E-state index is -0.946. The van der Waals surface area contributed by atoms with Crippen LogP contribution in [0.4, 0.5) is 14.9 Å². The number of nitrogens with zero attached hydrogens (tertiary/aromatic N) is 3. The maximum absolute atomic E-state index is 14.3. The highest BCUT2D eigenvalue weighted by Gasteiger charge is 2.36. The molecule has 2 saturated heterocycles. The molecule has 1 N–H and O–H groups in total. The summed E-state index contributed by atoms with van der Waals surface area (Å²) in [5.41, 5.74) is 1.64. The van der Waals surface area contributed by atoms with Gasteiger partial charge in [-0.2, -0.15) is 0 Å². The van der Waals surface area contributed by atoms with Gasteiger partial charge in [0.25, 0.3) is 0 Å². The normalized spacial score (nSPS) is 20.9. The summed E-state index contributed by atoms with van der Waals surface area (Å²) in [7, 11) is 0. The molecule has 3 aliphatic rings. The van der Waals surface area contributed by atoms with Crippen LogP contribution in [-0.2, 0) is 16.9 Å². The zero-order valence-electron chi connectivity index (χ0n) is 21.0. The maximum atomic E-state index is 14.3. The fourth-order valence-electron chi connectivity index (χ4n) is 5.76. The molecule has 8 heteroatoms. The smallest absolute Gasteiger partial charge is 0.409 e. The van der Waals surface area contributed by atoms with Gasteiger partial charge in [0.15, 0.2) is 0 Å². The number of para-hydroxylation sites is 1. The number of piperidine rings is 2. The fourth-order valence-corrected chi connectivity index (χ4v) is 5.76. The van der Waals surface area contributed by atoms with Crippen molar-refractivity contribution in [2.75, 3.05) is 50.8 Å². The summed E-state index contributed by atoms with van der Waals surface area (Å²) in [5.74, 6) is 0.649. The van der Waals surface area contributed by atoms with Crippen LogP contribution in [0.15, 0.2) is 42.5 Å². The molecule has 2 aromatic rings. The second-order valence-electron chi connectivity index (χ2n) is 10.0. The highest BCUT2D eigenvalue weighted by atomic mass is 19.1. The molecule has 5 rings (SSSR count). The van der Waals surface area contributed by atoms with Crippen molar-refractivity contribution in [3.63, 3.8) is 0 Å². The largest absolute Gasteiger partial charge is 0.492 e. The van der Waals surface area contributed by atoms with E-state index in [4.69, 9.17) is 9.47 Å². The van der Waals surface area contributed by atoms with E-state index in [1.807, 2.05) is 30.0 Å². The molecular weight excluding hydrogens is 461 g/mol. The monoisotopic (exact) mass is 497 g/mol. The van der Waals surface area contributed by atoms with Gasteiger partial charge in [-0.1, -0.05) is 18.2 Å². The lowest BCUT2D eigenvalue weighted by atomic mass is 9.83. The Morgan fingerprint density at radius 3 is 2.58 bits per heavy atom. The first-order valence-electron chi connectivity index (χ1n) is 13.1. The zero-order chi connectivity index (χ0) is 25.1. The third kappa shape index (κ3) is 5.15. The van der Waals surface area contributed by atoms with Gasteiger partial charge in [0, 0.05) is 50.9 Å². The topological polar surface area (TPSA) is 65.5 Å². The number of likely N-dealkylation sites (tertiary alicyclic amines) is 1. The van der Waals surface area contributed by atoms with Gasteiger partial charge in [0.1, 0.15) is 18.2 Å². The number of rotatable bonds is 4. The SMILES string of the molecule is CCOC(=O)N1CCC(N2CCOc3ccc(C4(O)CCN(c5ccccc5F)CC4)cc3C2)CC1. The first kappa shape index (κ1) is 24.8. The summed E-state index contributed by atoms with van der Waals surface area (Å²) in [6.45, 7) is 7.02. The number of carbonyl (C=O) groups excluding carboxylic acids is 1. The van der Waals surface area contributed by atoms with Gasteiger partial charge in [-0.25, -0.2) is 9.18 Å². The molecular formula is C28H36FN3O4. The molecule has 0 unspecified atom stereocenters. The number of amides is 1. The Kier molecular flexibility index (Phi) is 7.34. The van der Waals surface area contributed by atoms with Gasteiger partial charge < -0.3 is 24.4 Å². The molecule has 2 fully saturated rings. The molecule has 3 heterocycles. The van der Waals surface area contributed by atoms with E-state index in [-0.39, 0.29) is 11.9 Å². The van der Waals surface area contributed by atoms with E-state index in [9.17, 15) is 14.3 Å². The lowest BCUT2D eigenvalue weighted by Crippen LogP contribution is -2.47. The highest BCUT2D eigenvalue weighted by molar-refractivity contribution is 5.67. The summed E-state index contributed by atoms with van der Waals surface area (Å²) in [4.78, 5) is 18.3. The van der Waals surface area contributed by atoms with Gasteiger partial charge in [0.2, 0.25) is 0 Å². The van der Waals surface area contributed by atoms with Crippen molar-refractivity contribution in [1.82, 2.24) is 9.80 Å². The minimum Gasteiger partial charge on any atom is -0.492 e. The van der Waals surface area contributed by atoms with E-state index in [0.717, 1.165) is 42.8 Å². The number of hydrogen-bond donors (Lipinski definition) is 1. The van der Waals surface area contributed by atoms with Gasteiger partial charge >= 0.3 is 6.09 Å². The number of anilines is 1. The number of fused-ring (bicyclic) bond motifs is 1. The van der Waals surface area contributed by atoms with Crippen LogP contribution in [0.5, 0.6) is 5.75 Å². The third-order valence-corrected chi connectivity index (χ3v) is 7.90. The van der Waals surface area contributed by atoms with E-state index in [0.29, 0.717) is 64.0 Å². The van der Waals surface area contributed by atoms with Gasteiger partial charge in [-0.3, -0.25) is 4.90 Å². The molecule has 194 valence electrons. The first-order valence-corrected chi connectivity index (χ1v) is 13.1. The molecule has 0 radical (unpaired) electrons. The number of ether oxygens (including phenoxy) is 2. The van der Waals surface area contributed by atoms with Crippen LogP contribution in [0.3, 0.4) is 0 Å². The van der Waals surface area contributed by atoms with Crippen molar-refractivity contribution in [3.05, 3.63) is 59.4 Å². The Morgan fingerprint density at radius 2 is 1.86 bits per heavy atom. The molecule has 3 aliphatic heterocycles. The molecule has 0 atom stereocenters. The predicted octanol–water partition coefficient (Wildman–Crippen LogP) is 4.13. The zero-order valence-corrected chi connectivity index (χ0v) is 21.0. The molecule has 1 amide bonds. The van der Waals surface area contributed by atoms with Crippen molar-refractivity contribution in [1.29, 1.82) is 0 Å². The van der Waals surface area contributed by atoms with Crippen molar-refractivity contribution in [2.45, 2.75) is 50.8 Å². The van der Waals surface area contributed by atoms with Gasteiger partial charge in [0.05, 0.1) is 17.9 Å². The van der Waals surface area contributed by atoms with E-state index >= 15 is 0 Å². The van der Waals surface area contributed by atoms with Crippen molar-refractivity contribution < 1.29 is 23.8 Å². The van der Waals surface area contributed by atoms with Crippen LogP contribution in [0.25, 0.3) is 0 Å². The van der Waals surface area contributed by atoms with Crippen LogP contribution < -0.4 is 9.64 Å². The van der Waals surface area contributed by atoms with Crippen LogP contribution in [0.1, 0.15) is 43.7 Å². The number of aliphatic hydroxyl groups is 1. The lowest BCUT2D eigenvalue weighted by molar-refractivity contribution is 0.0115. The maximum Gasteiger partial charge on any atom is 0.409 e. The van der Waals surface area contributed by atoms with Gasteiger partial charge in [-0.15, -0.1) is 0 Å². The molecule has 0 saturated carbocycles. The second-order valence-corrected chi connectivity index (χ2v) is 10.0. The Labute approximate surface area is 212 Å². The number of carbonyl (C=O) groups is 1. The average molecular weight is 498 g/mol. The standard InChI is InChI=1S/C28H36FN3O4/c1-2-35-27(33)31-13-9-23(10-14-31)32-17-18-36-26-8-7-22(19-21(26)20-32)28(34)11-15-30(16-12-28)25-6-4-3-5-24(25)29/h3-8,19,23,34H,2,9-18,20H2,1H3. The molecule has 36 heavy (non-hydrogen) atoms. The second kappa shape index (κ2) is 10.6. The number of hydrogen-bond acceptors (Lipinski definition) is 6. The Hall–Kier alpha value is -2.84. The van der Waals surface area contributed by atoms with E-state index < -0.39 is 5.60 Å². The van der Waals surface area contributed by atoms with Crippen molar-refractivity contribution in [3.8, 4) is 5.75 Å². The van der Waals surface area contributed by atoms with E-state index in [1.54, 1.807) is 17.0 Å². The van der Waals surface area contributed by atoms with Crippen LogP contribution in [0.2, 0.25) is 0 Å². The van der Waals surface area contributed by atoms with E-state index in [1.165, 1.54) is 6.07 Å². The highest BCUT2D eigenvalue weighted by Crippen LogP contribution is 2.38. The number of benzene rings is 2. The summed E-state index contributed by atoms with van der Waals surface area (Å²) in [5, 5.41) is 11.6. The van der Waals surface area contributed by atoms with Crippen LogP contribution in [-0.4, -0.2) is 73.0 Å². The average Bonchev–Trinajstić information content (AvgIpc) is 3.12. The fraction of sp³-hybridized carbons (Fsp3) is 0.536. The number of halogens is 1. The van der Waals surface area contributed by atoms with Crippen LogP contribution in [0, 0.1) is 5.82 Å². The third-order valence-electron chi connectivity index (χ3n) is 7.90. The Morgan fingerprint density at radius 1 is 1.11 bits per heavy atom. The van der Waals surface area contributed by atoms with Crippen molar-refractivity contribution >= 4 is 11.8 Å². The molecule has 0 aliphatic carbocycles. The summed E-state index contributed by atoms with van der Waals surface area (Å²) in [6.07, 6.45) is 2.67. The predicted molar refractivity (Wildman–Crippen MR) is 136 cm³/mol. The Balaban J connectivity index is 1.25. The van der Waals surface area contributed by atoms with Crippen LogP contribution >= 0.6 is 0 Å². The first-order chi connectivity index (χ1) is 17.5. The van der Waals surface area contributed by atoms with Crippen molar-refractivity contribution in [2.24, 2.45) is 0 Å². The Bertz CT molecular complexity index is 1060. The summed E-state index contributed by atoms with van der Waals surface area (Å²) < 4.78 is 25.5. The molecule has 0 bridgehead atoms. The summed E-state index contributed by atoms with van der Waals surface area (Å²) in [6, 6.07) is 13.3.